The van der Waals surface area contributed by atoms with Crippen LogP contribution in [0.15, 0.2) is 72.8 Å². The van der Waals surface area contributed by atoms with Crippen LogP contribution in [0.4, 0.5) is 30.2 Å². The van der Waals surface area contributed by atoms with Gasteiger partial charge in [-0.25, -0.2) is 0 Å². The zero-order chi connectivity index (χ0) is 24.9. The molecule has 0 radical (unpaired) electrons. The van der Waals surface area contributed by atoms with Gasteiger partial charge in [-0.2, -0.15) is 13.2 Å². The molecule has 0 aliphatic heterocycles. The summed E-state index contributed by atoms with van der Waals surface area (Å²) in [5.41, 5.74) is -0.474. The summed E-state index contributed by atoms with van der Waals surface area (Å²) in [5, 5.41) is 18.1. The number of hydrogen-bond acceptors (Lipinski definition) is 5. The highest BCUT2D eigenvalue weighted by Crippen LogP contribution is 2.30. The van der Waals surface area contributed by atoms with Crippen LogP contribution < -0.4 is 16.0 Å². The van der Waals surface area contributed by atoms with E-state index in [2.05, 4.69) is 16.0 Å². The Morgan fingerprint density at radius 2 is 1.44 bits per heavy atom. The van der Waals surface area contributed by atoms with E-state index < -0.39 is 28.5 Å². The highest BCUT2D eigenvalue weighted by atomic mass is 32.1. The predicted molar refractivity (Wildman–Crippen MR) is 123 cm³/mol. The summed E-state index contributed by atoms with van der Waals surface area (Å²) in [6.45, 7) is 0. The molecule has 3 rings (SSSR count). The van der Waals surface area contributed by atoms with Crippen LogP contribution in [0.1, 0.15) is 26.3 Å². The molecule has 0 heterocycles. The fourth-order valence-corrected chi connectivity index (χ4v) is 3.00. The van der Waals surface area contributed by atoms with Crippen LogP contribution in [-0.4, -0.2) is 21.9 Å². The molecular formula is C22H15F3N4O4S. The fourth-order valence-electron chi connectivity index (χ4n) is 2.79. The van der Waals surface area contributed by atoms with Gasteiger partial charge in [-0.1, -0.05) is 12.1 Å². The number of benzene rings is 3. The summed E-state index contributed by atoms with van der Waals surface area (Å²) >= 11 is 5.08. The summed E-state index contributed by atoms with van der Waals surface area (Å²) in [5.74, 6) is -1.25. The van der Waals surface area contributed by atoms with Gasteiger partial charge in [0.15, 0.2) is 5.11 Å². The summed E-state index contributed by atoms with van der Waals surface area (Å²) in [7, 11) is 0. The number of alkyl halides is 3. The number of carbonyl (C=O) groups is 2. The molecule has 0 fully saturated rings. The highest BCUT2D eigenvalue weighted by molar-refractivity contribution is 7.80. The van der Waals surface area contributed by atoms with Crippen molar-refractivity contribution in [3.63, 3.8) is 0 Å². The zero-order valence-corrected chi connectivity index (χ0v) is 17.9. The quantitative estimate of drug-likeness (QED) is 0.265. The number of nitrogens with one attached hydrogen (secondary N) is 3. The van der Waals surface area contributed by atoms with Gasteiger partial charge in [0.2, 0.25) is 0 Å². The molecule has 0 aliphatic rings. The van der Waals surface area contributed by atoms with Crippen molar-refractivity contribution in [1.29, 1.82) is 0 Å². The van der Waals surface area contributed by atoms with Crippen molar-refractivity contribution >= 4 is 46.2 Å². The SMILES string of the molecule is O=C(NC(=S)Nc1cccc(C(=O)Nc2cccc(C(F)(F)F)c2)c1)c1ccc([N+](=O)[O-])cc1. The van der Waals surface area contributed by atoms with Crippen LogP contribution in [-0.2, 0) is 6.18 Å². The molecule has 8 nitrogen and oxygen atoms in total. The molecule has 3 aromatic carbocycles. The van der Waals surface area contributed by atoms with Crippen molar-refractivity contribution in [3.05, 3.63) is 99.6 Å². The first-order valence-electron chi connectivity index (χ1n) is 9.48. The number of nitrogens with zero attached hydrogens (tertiary/aromatic N) is 1. The molecule has 0 unspecified atom stereocenters. The first-order valence-corrected chi connectivity index (χ1v) is 9.89. The lowest BCUT2D eigenvalue weighted by Gasteiger charge is -2.12. The van der Waals surface area contributed by atoms with E-state index in [9.17, 15) is 32.9 Å². The minimum atomic E-state index is -4.54. The number of halogens is 3. The topological polar surface area (TPSA) is 113 Å². The van der Waals surface area contributed by atoms with Crippen molar-refractivity contribution in [2.24, 2.45) is 0 Å². The second-order valence-corrected chi connectivity index (χ2v) is 7.23. The monoisotopic (exact) mass is 488 g/mol. The Balaban J connectivity index is 1.63. The van der Waals surface area contributed by atoms with Crippen LogP contribution in [0.5, 0.6) is 0 Å². The minimum Gasteiger partial charge on any atom is -0.332 e. The molecule has 0 aromatic heterocycles. The number of hydrogen-bond donors (Lipinski definition) is 3. The van der Waals surface area contributed by atoms with E-state index in [-0.39, 0.29) is 27.6 Å². The third kappa shape index (κ3) is 6.36. The van der Waals surface area contributed by atoms with Crippen LogP contribution >= 0.6 is 12.2 Å². The third-order valence-corrected chi connectivity index (χ3v) is 4.60. The molecule has 3 aromatic rings. The van der Waals surface area contributed by atoms with Gasteiger partial charge in [-0.3, -0.25) is 25.0 Å². The number of anilines is 2. The van der Waals surface area contributed by atoms with Gasteiger partial charge in [-0.05, 0) is 60.7 Å². The van der Waals surface area contributed by atoms with E-state index >= 15 is 0 Å². The fraction of sp³-hybridized carbons (Fsp3) is 0.0455. The molecule has 2 amide bonds. The second-order valence-electron chi connectivity index (χ2n) is 6.83. The summed E-state index contributed by atoms with van der Waals surface area (Å²) in [6, 6.07) is 15.1. The van der Waals surface area contributed by atoms with E-state index in [1.54, 1.807) is 6.07 Å². The molecule has 3 N–H and O–H groups in total. The smallest absolute Gasteiger partial charge is 0.332 e. The molecular weight excluding hydrogens is 473 g/mol. The Bertz CT molecular complexity index is 1260. The van der Waals surface area contributed by atoms with Crippen molar-refractivity contribution < 1.29 is 27.7 Å². The Hall–Kier alpha value is -4.32. The Labute approximate surface area is 195 Å². The van der Waals surface area contributed by atoms with Crippen LogP contribution in [0.2, 0.25) is 0 Å². The maximum atomic E-state index is 12.9. The molecule has 34 heavy (non-hydrogen) atoms. The third-order valence-electron chi connectivity index (χ3n) is 4.40. The Morgan fingerprint density at radius 3 is 2.06 bits per heavy atom. The first-order chi connectivity index (χ1) is 16.0. The van der Waals surface area contributed by atoms with Crippen LogP contribution in [0, 0.1) is 10.1 Å². The predicted octanol–water partition coefficient (Wildman–Crippen LogP) is 4.99. The molecule has 12 heteroatoms. The van der Waals surface area contributed by atoms with Crippen LogP contribution in [0.3, 0.4) is 0 Å². The van der Waals surface area contributed by atoms with Crippen molar-refractivity contribution in [3.8, 4) is 0 Å². The zero-order valence-electron chi connectivity index (χ0n) is 17.1. The second kappa shape index (κ2) is 10.1. The minimum absolute atomic E-state index is 0.0240. The normalized spacial score (nSPS) is 10.8. The molecule has 174 valence electrons. The van der Waals surface area contributed by atoms with Gasteiger partial charge in [0, 0.05) is 34.6 Å². The Kier molecular flexibility index (Phi) is 7.21. The van der Waals surface area contributed by atoms with Crippen LogP contribution in [0.25, 0.3) is 0 Å². The average molecular weight is 488 g/mol. The Morgan fingerprint density at radius 1 is 0.824 bits per heavy atom. The molecule has 0 aliphatic carbocycles. The lowest BCUT2D eigenvalue weighted by Crippen LogP contribution is -2.34. The average Bonchev–Trinajstić information content (AvgIpc) is 2.78. The number of amides is 2. The van der Waals surface area contributed by atoms with Gasteiger partial charge in [-0.15, -0.1) is 0 Å². The number of thiocarbonyl (C=S) groups is 1. The maximum Gasteiger partial charge on any atom is 0.416 e. The van der Waals surface area contributed by atoms with E-state index in [1.165, 1.54) is 54.6 Å². The number of nitro groups is 1. The lowest BCUT2D eigenvalue weighted by molar-refractivity contribution is -0.384. The molecule has 0 saturated heterocycles. The van der Waals surface area contributed by atoms with Crippen molar-refractivity contribution in [2.75, 3.05) is 10.6 Å². The maximum absolute atomic E-state index is 12.9. The molecule has 0 saturated carbocycles. The highest BCUT2D eigenvalue weighted by Gasteiger charge is 2.30. The van der Waals surface area contributed by atoms with Gasteiger partial charge in [0.05, 0.1) is 10.5 Å². The largest absolute Gasteiger partial charge is 0.416 e. The summed E-state index contributed by atoms with van der Waals surface area (Å²) in [6.07, 6.45) is -4.54. The molecule has 0 bridgehead atoms. The summed E-state index contributed by atoms with van der Waals surface area (Å²) in [4.78, 5) is 34.8. The molecule has 0 spiro atoms. The van der Waals surface area contributed by atoms with Crippen molar-refractivity contribution in [1.82, 2.24) is 5.32 Å². The van der Waals surface area contributed by atoms with E-state index in [4.69, 9.17) is 12.2 Å². The number of non-ortho nitro benzene ring substituents is 1. The van der Waals surface area contributed by atoms with E-state index in [0.717, 1.165) is 12.1 Å². The van der Waals surface area contributed by atoms with E-state index in [0.29, 0.717) is 5.69 Å². The van der Waals surface area contributed by atoms with Gasteiger partial charge in [0.25, 0.3) is 17.5 Å². The van der Waals surface area contributed by atoms with Gasteiger partial charge >= 0.3 is 6.18 Å². The first kappa shape index (κ1) is 24.3. The number of rotatable bonds is 5. The molecule has 0 atom stereocenters. The van der Waals surface area contributed by atoms with Crippen molar-refractivity contribution in [2.45, 2.75) is 6.18 Å². The van der Waals surface area contributed by atoms with Gasteiger partial charge < -0.3 is 10.6 Å². The number of carbonyl (C=O) groups excluding carboxylic acids is 2. The van der Waals surface area contributed by atoms with Gasteiger partial charge in [0.1, 0.15) is 0 Å². The number of nitro benzene ring substituents is 1. The summed E-state index contributed by atoms with van der Waals surface area (Å²) < 4.78 is 38.6. The standard InChI is InChI=1S/C22H15F3N4O4S/c23-22(24,25)15-4-2-6-17(12-15)26-20(31)14-3-1-5-16(11-14)27-21(34)28-19(30)13-7-9-18(10-8-13)29(32)33/h1-12H,(H,26,31)(H2,27,28,30,34). The van der Waals surface area contributed by atoms with E-state index in [1.807, 2.05) is 0 Å². The lowest BCUT2D eigenvalue weighted by atomic mass is 10.1.